The lowest BCUT2D eigenvalue weighted by Crippen LogP contribution is -2.45. The molecular weight excluding hydrogens is 352 g/mol. The maximum atomic E-state index is 9.10. The molecule has 1 fully saturated rings. The molecule has 1 aliphatic rings. The van der Waals surface area contributed by atoms with E-state index in [0.717, 1.165) is 50.8 Å². The highest BCUT2D eigenvalue weighted by Gasteiger charge is 2.17. The van der Waals surface area contributed by atoms with E-state index in [1.165, 1.54) is 5.56 Å². The molecule has 0 radical (unpaired) electrons. The lowest BCUT2D eigenvalue weighted by molar-refractivity contribution is -0.159. The Labute approximate surface area is 157 Å². The van der Waals surface area contributed by atoms with E-state index in [1.807, 2.05) is 18.2 Å². The van der Waals surface area contributed by atoms with Gasteiger partial charge in [-0.25, -0.2) is 9.59 Å². The van der Waals surface area contributed by atoms with Crippen LogP contribution in [0.25, 0.3) is 0 Å². The number of hydrogen-bond donors (Lipinski definition) is 2. The Balaban J connectivity index is 0.000000380. The third-order valence-corrected chi connectivity index (χ3v) is 4.15. The Kier molecular flexibility index (Phi) is 7.84. The first-order chi connectivity index (χ1) is 13.0. The summed E-state index contributed by atoms with van der Waals surface area (Å²) in [5, 5.41) is 14.8. The highest BCUT2D eigenvalue weighted by Crippen LogP contribution is 2.16. The summed E-state index contributed by atoms with van der Waals surface area (Å²) in [6, 6.07) is 12.3. The summed E-state index contributed by atoms with van der Waals surface area (Å²) >= 11 is 0. The molecule has 0 bridgehead atoms. The summed E-state index contributed by atoms with van der Waals surface area (Å²) in [5.41, 5.74) is 1.31. The summed E-state index contributed by atoms with van der Waals surface area (Å²) in [6.45, 7) is 6.27. The van der Waals surface area contributed by atoms with Crippen molar-refractivity contribution < 1.29 is 29.0 Å². The van der Waals surface area contributed by atoms with Crippen molar-refractivity contribution in [3.05, 3.63) is 54.0 Å². The van der Waals surface area contributed by atoms with Gasteiger partial charge in [-0.15, -0.1) is 0 Å². The molecule has 1 aromatic carbocycles. The third-order valence-electron chi connectivity index (χ3n) is 4.15. The topological polar surface area (TPSA) is 103 Å². The molecule has 8 nitrogen and oxygen atoms in total. The summed E-state index contributed by atoms with van der Waals surface area (Å²) < 4.78 is 10.7. The number of carbonyl (C=O) groups is 2. The Hall–Kier alpha value is -2.84. The molecule has 0 amide bonds. The molecule has 1 aliphatic heterocycles. The van der Waals surface area contributed by atoms with Crippen molar-refractivity contribution in [2.24, 2.45) is 0 Å². The van der Waals surface area contributed by atoms with Crippen molar-refractivity contribution >= 4 is 11.9 Å². The van der Waals surface area contributed by atoms with Gasteiger partial charge in [0.15, 0.2) is 0 Å². The molecule has 3 rings (SSSR count). The van der Waals surface area contributed by atoms with Gasteiger partial charge in [-0.05, 0) is 29.8 Å². The van der Waals surface area contributed by atoms with Crippen LogP contribution in [-0.2, 0) is 22.7 Å². The van der Waals surface area contributed by atoms with Crippen molar-refractivity contribution in [2.75, 3.05) is 33.3 Å². The van der Waals surface area contributed by atoms with Crippen molar-refractivity contribution in [3.8, 4) is 5.75 Å². The molecule has 2 N–H and O–H groups in total. The number of ether oxygens (including phenoxy) is 1. The van der Waals surface area contributed by atoms with Crippen LogP contribution in [0.3, 0.4) is 0 Å². The largest absolute Gasteiger partial charge is 0.497 e. The van der Waals surface area contributed by atoms with Gasteiger partial charge >= 0.3 is 11.9 Å². The van der Waals surface area contributed by atoms with Crippen LogP contribution in [0.5, 0.6) is 5.75 Å². The minimum atomic E-state index is -1.82. The van der Waals surface area contributed by atoms with Crippen LogP contribution in [0, 0.1) is 0 Å². The molecule has 0 atom stereocenters. The van der Waals surface area contributed by atoms with Crippen molar-refractivity contribution in [2.45, 2.75) is 13.1 Å². The predicted molar refractivity (Wildman–Crippen MR) is 97.5 cm³/mol. The normalized spacial score (nSPS) is 14.9. The first kappa shape index (κ1) is 20.5. The summed E-state index contributed by atoms with van der Waals surface area (Å²) in [5.74, 6) is -1.66. The quantitative estimate of drug-likeness (QED) is 0.761. The van der Waals surface area contributed by atoms with E-state index in [-0.39, 0.29) is 0 Å². The van der Waals surface area contributed by atoms with Crippen LogP contribution in [0.15, 0.2) is 47.1 Å². The molecule has 0 saturated carbocycles. The molecule has 1 aromatic heterocycles. The van der Waals surface area contributed by atoms with Gasteiger partial charge in [0.25, 0.3) is 0 Å². The number of aliphatic carboxylic acids is 2. The fourth-order valence-corrected chi connectivity index (χ4v) is 2.76. The Bertz CT molecular complexity index is 712. The van der Waals surface area contributed by atoms with Crippen LogP contribution in [0.2, 0.25) is 0 Å². The maximum Gasteiger partial charge on any atom is 0.414 e. The van der Waals surface area contributed by atoms with Gasteiger partial charge in [-0.1, -0.05) is 12.1 Å². The zero-order valence-electron chi connectivity index (χ0n) is 15.2. The van der Waals surface area contributed by atoms with E-state index < -0.39 is 11.9 Å². The molecule has 0 unspecified atom stereocenters. The molecule has 1 saturated heterocycles. The van der Waals surface area contributed by atoms with Crippen LogP contribution < -0.4 is 4.74 Å². The second-order valence-electron chi connectivity index (χ2n) is 6.09. The summed E-state index contributed by atoms with van der Waals surface area (Å²) in [7, 11) is 1.71. The molecule has 0 aliphatic carbocycles. The van der Waals surface area contributed by atoms with Crippen molar-refractivity contribution in [1.29, 1.82) is 0 Å². The molecule has 2 aromatic rings. The van der Waals surface area contributed by atoms with Gasteiger partial charge in [0.05, 0.1) is 19.9 Å². The number of methoxy groups -OCH3 is 1. The smallest absolute Gasteiger partial charge is 0.414 e. The van der Waals surface area contributed by atoms with Gasteiger partial charge in [0.2, 0.25) is 0 Å². The average Bonchev–Trinajstić information content (AvgIpc) is 3.17. The van der Waals surface area contributed by atoms with Crippen molar-refractivity contribution in [3.63, 3.8) is 0 Å². The number of rotatable bonds is 5. The Morgan fingerprint density at radius 3 is 2.15 bits per heavy atom. The SMILES string of the molecule is COc1cccc(CN2CCN(Cc3ccco3)CC2)c1.O=C(O)C(=O)O. The van der Waals surface area contributed by atoms with Crippen LogP contribution >= 0.6 is 0 Å². The van der Waals surface area contributed by atoms with Crippen LogP contribution in [0.4, 0.5) is 0 Å². The lowest BCUT2D eigenvalue weighted by Gasteiger charge is -2.34. The van der Waals surface area contributed by atoms with E-state index in [9.17, 15) is 0 Å². The molecule has 8 heteroatoms. The fraction of sp³-hybridized carbons (Fsp3) is 0.368. The average molecular weight is 376 g/mol. The van der Waals surface area contributed by atoms with Gasteiger partial charge < -0.3 is 19.4 Å². The van der Waals surface area contributed by atoms with Gasteiger partial charge in [0, 0.05) is 32.7 Å². The zero-order valence-corrected chi connectivity index (χ0v) is 15.2. The number of carboxylic acid groups (broad SMARTS) is 2. The van der Waals surface area contributed by atoms with Gasteiger partial charge in [-0.3, -0.25) is 9.80 Å². The number of piperazine rings is 1. The van der Waals surface area contributed by atoms with E-state index in [2.05, 4.69) is 28.0 Å². The second-order valence-corrected chi connectivity index (χ2v) is 6.09. The first-order valence-corrected chi connectivity index (χ1v) is 8.54. The minimum Gasteiger partial charge on any atom is -0.497 e. The third kappa shape index (κ3) is 7.12. The molecule has 146 valence electrons. The number of hydrogen-bond acceptors (Lipinski definition) is 6. The molecule has 2 heterocycles. The Morgan fingerprint density at radius 2 is 1.63 bits per heavy atom. The summed E-state index contributed by atoms with van der Waals surface area (Å²) in [4.78, 5) is 23.1. The summed E-state index contributed by atoms with van der Waals surface area (Å²) in [6.07, 6.45) is 1.74. The number of furan rings is 1. The molecule has 0 spiro atoms. The van der Waals surface area contributed by atoms with Crippen LogP contribution in [0.1, 0.15) is 11.3 Å². The number of nitrogens with zero attached hydrogens (tertiary/aromatic N) is 2. The van der Waals surface area contributed by atoms with Crippen LogP contribution in [-0.4, -0.2) is 65.2 Å². The molecule has 27 heavy (non-hydrogen) atoms. The van der Waals surface area contributed by atoms with Gasteiger partial charge in [0.1, 0.15) is 11.5 Å². The standard InChI is InChI=1S/C17H22N2O2.C2H2O4/c1-20-16-5-2-4-15(12-16)13-18-7-9-19(10-8-18)14-17-6-3-11-21-17;3-1(4)2(5)6/h2-6,11-12H,7-10,13-14H2,1H3;(H,3,4)(H,5,6). The maximum absolute atomic E-state index is 9.10. The second kappa shape index (κ2) is 10.3. The zero-order chi connectivity index (χ0) is 19.6. The van der Waals surface area contributed by atoms with Crippen molar-refractivity contribution in [1.82, 2.24) is 9.80 Å². The number of carboxylic acids is 2. The van der Waals surface area contributed by atoms with E-state index in [0.29, 0.717) is 0 Å². The number of benzene rings is 1. The minimum absolute atomic E-state index is 0.917. The fourth-order valence-electron chi connectivity index (χ4n) is 2.76. The van der Waals surface area contributed by atoms with Gasteiger partial charge in [-0.2, -0.15) is 0 Å². The van der Waals surface area contributed by atoms with E-state index in [4.69, 9.17) is 29.0 Å². The highest BCUT2D eigenvalue weighted by molar-refractivity contribution is 6.27. The van der Waals surface area contributed by atoms with E-state index in [1.54, 1.807) is 13.4 Å². The lowest BCUT2D eigenvalue weighted by atomic mass is 10.2. The predicted octanol–water partition coefficient (Wildman–Crippen LogP) is 1.76. The molecular formula is C19H24N2O6. The first-order valence-electron chi connectivity index (χ1n) is 8.54. The van der Waals surface area contributed by atoms with E-state index >= 15 is 0 Å². The highest BCUT2D eigenvalue weighted by atomic mass is 16.5. The monoisotopic (exact) mass is 376 g/mol. The Morgan fingerprint density at radius 1 is 1.00 bits per heavy atom.